The Morgan fingerprint density at radius 1 is 1.37 bits per heavy atom. The number of anilines is 1. The second-order valence-electron chi connectivity index (χ2n) is 7.33. The van der Waals surface area contributed by atoms with Gasteiger partial charge in [0.05, 0.1) is 19.8 Å². The molecule has 2 aromatic rings. The molecule has 0 unspecified atom stereocenters. The van der Waals surface area contributed by atoms with Crippen LogP contribution in [0.5, 0.6) is 0 Å². The Hall–Kier alpha value is -1.83. The number of ether oxygens (including phenoxy) is 1. The van der Waals surface area contributed by atoms with Gasteiger partial charge in [-0.3, -0.25) is 14.7 Å². The Morgan fingerprint density at radius 2 is 2.15 bits per heavy atom. The summed E-state index contributed by atoms with van der Waals surface area (Å²) in [5, 5.41) is 3.89. The molecule has 1 aliphatic heterocycles. The molecular weight excluding hydrogens is 360 g/mol. The highest BCUT2D eigenvalue weighted by Crippen LogP contribution is 2.22. The van der Waals surface area contributed by atoms with Crippen LogP contribution < -0.4 is 5.32 Å². The standard InChI is InChI=1S/C20H28N4O2S/c1-14-6-17(7-15(2)23-14)8-18-11-24(4-5-26-13-18)12-19-10-22-20(27-19)21-9-16(3)25/h6-7,10,18H,4-5,8-9,11-13H2,1-3H3,(H,21,22)/t18-/m1/s1. The van der Waals surface area contributed by atoms with E-state index in [0.29, 0.717) is 12.5 Å². The lowest BCUT2D eigenvalue weighted by Crippen LogP contribution is -2.30. The molecule has 2 aromatic heterocycles. The average Bonchev–Trinajstić information content (AvgIpc) is 2.91. The second kappa shape index (κ2) is 9.39. The molecule has 0 radical (unpaired) electrons. The highest BCUT2D eigenvalue weighted by Gasteiger charge is 2.20. The smallest absolute Gasteiger partial charge is 0.183 e. The van der Waals surface area contributed by atoms with Gasteiger partial charge in [-0.2, -0.15) is 0 Å². The van der Waals surface area contributed by atoms with Crippen molar-refractivity contribution in [3.05, 3.63) is 40.2 Å². The highest BCUT2D eigenvalue weighted by molar-refractivity contribution is 7.15. The molecule has 0 bridgehead atoms. The van der Waals surface area contributed by atoms with Crippen molar-refractivity contribution < 1.29 is 9.53 Å². The lowest BCUT2D eigenvalue weighted by atomic mass is 9.99. The Bertz CT molecular complexity index is 757. The van der Waals surface area contributed by atoms with Crippen molar-refractivity contribution in [1.29, 1.82) is 0 Å². The van der Waals surface area contributed by atoms with Crippen LogP contribution in [-0.4, -0.2) is 53.5 Å². The predicted molar refractivity (Wildman–Crippen MR) is 108 cm³/mol. The first-order valence-corrected chi connectivity index (χ1v) is 10.2. The maximum Gasteiger partial charge on any atom is 0.183 e. The number of nitrogens with zero attached hydrogens (tertiary/aromatic N) is 3. The number of aryl methyl sites for hydroxylation is 2. The molecule has 6 nitrogen and oxygen atoms in total. The van der Waals surface area contributed by atoms with Crippen molar-refractivity contribution >= 4 is 22.3 Å². The maximum atomic E-state index is 11.1. The number of rotatable bonds is 7. The summed E-state index contributed by atoms with van der Waals surface area (Å²) in [6.07, 6.45) is 2.91. The largest absolute Gasteiger partial charge is 0.380 e. The predicted octanol–water partition coefficient (Wildman–Crippen LogP) is 2.85. The van der Waals surface area contributed by atoms with E-state index < -0.39 is 0 Å². The van der Waals surface area contributed by atoms with Gasteiger partial charge in [0, 0.05) is 42.1 Å². The molecule has 1 saturated heterocycles. The third-order valence-electron chi connectivity index (χ3n) is 4.51. The molecule has 27 heavy (non-hydrogen) atoms. The first kappa shape index (κ1) is 19.9. The van der Waals surface area contributed by atoms with Crippen LogP contribution in [0.2, 0.25) is 0 Å². The van der Waals surface area contributed by atoms with Crippen molar-refractivity contribution in [2.75, 3.05) is 38.2 Å². The number of aromatic nitrogens is 2. The number of ketones is 1. The van der Waals surface area contributed by atoms with Crippen LogP contribution in [0, 0.1) is 19.8 Å². The van der Waals surface area contributed by atoms with E-state index in [1.54, 1.807) is 18.3 Å². The fourth-order valence-electron chi connectivity index (χ4n) is 3.47. The summed E-state index contributed by atoms with van der Waals surface area (Å²) in [7, 11) is 0. The van der Waals surface area contributed by atoms with Crippen molar-refractivity contribution in [1.82, 2.24) is 14.9 Å². The van der Waals surface area contributed by atoms with Gasteiger partial charge in [-0.1, -0.05) is 0 Å². The first-order valence-electron chi connectivity index (χ1n) is 9.40. The van der Waals surface area contributed by atoms with E-state index in [1.165, 1.54) is 10.4 Å². The zero-order chi connectivity index (χ0) is 19.2. The van der Waals surface area contributed by atoms with Gasteiger partial charge >= 0.3 is 0 Å². The maximum absolute atomic E-state index is 11.1. The molecule has 0 aromatic carbocycles. The molecule has 146 valence electrons. The first-order chi connectivity index (χ1) is 13.0. The van der Waals surface area contributed by atoms with Gasteiger partial charge in [0.15, 0.2) is 5.13 Å². The zero-order valence-corrected chi connectivity index (χ0v) is 17.1. The number of thiazole rings is 1. The molecule has 0 spiro atoms. The number of pyridine rings is 1. The van der Waals surface area contributed by atoms with Gasteiger partial charge in [-0.25, -0.2) is 4.98 Å². The molecule has 3 heterocycles. The molecule has 7 heteroatoms. The van der Waals surface area contributed by atoms with Gasteiger partial charge < -0.3 is 10.1 Å². The van der Waals surface area contributed by atoms with E-state index in [9.17, 15) is 4.79 Å². The summed E-state index contributed by atoms with van der Waals surface area (Å²) in [4.78, 5) is 23.6. The van der Waals surface area contributed by atoms with Crippen LogP contribution in [-0.2, 0) is 22.5 Å². The van der Waals surface area contributed by atoms with Crippen LogP contribution in [0.25, 0.3) is 0 Å². The summed E-state index contributed by atoms with van der Waals surface area (Å²) in [5.74, 6) is 0.581. The van der Waals surface area contributed by atoms with Crippen LogP contribution >= 0.6 is 11.3 Å². The highest BCUT2D eigenvalue weighted by atomic mass is 32.1. The van der Waals surface area contributed by atoms with E-state index in [-0.39, 0.29) is 5.78 Å². The van der Waals surface area contributed by atoms with Crippen molar-refractivity contribution in [3.8, 4) is 0 Å². The van der Waals surface area contributed by atoms with Crippen LogP contribution in [0.3, 0.4) is 0 Å². The number of Topliss-reactive ketones (excluding diaryl/α,β-unsaturated/α-hetero) is 1. The van der Waals surface area contributed by atoms with Gasteiger partial charge in [0.25, 0.3) is 0 Å². The lowest BCUT2D eigenvalue weighted by molar-refractivity contribution is -0.115. The second-order valence-corrected chi connectivity index (χ2v) is 8.44. The molecule has 1 fully saturated rings. The van der Waals surface area contributed by atoms with E-state index in [4.69, 9.17) is 4.74 Å². The lowest BCUT2D eigenvalue weighted by Gasteiger charge is -2.22. The van der Waals surface area contributed by atoms with Gasteiger partial charge in [0.2, 0.25) is 0 Å². The molecule has 0 amide bonds. The molecule has 0 aliphatic carbocycles. The van der Waals surface area contributed by atoms with Gasteiger partial charge in [-0.05, 0) is 50.8 Å². The molecule has 0 saturated carbocycles. The fraction of sp³-hybridized carbons (Fsp3) is 0.550. The van der Waals surface area contributed by atoms with Crippen molar-refractivity contribution in [2.24, 2.45) is 5.92 Å². The normalized spacial score (nSPS) is 18.3. The minimum absolute atomic E-state index is 0.112. The third-order valence-corrected chi connectivity index (χ3v) is 5.45. The van der Waals surface area contributed by atoms with E-state index in [1.807, 2.05) is 20.0 Å². The zero-order valence-electron chi connectivity index (χ0n) is 16.3. The number of nitrogens with one attached hydrogen (secondary N) is 1. The molecular formula is C20H28N4O2S. The Morgan fingerprint density at radius 3 is 2.89 bits per heavy atom. The summed E-state index contributed by atoms with van der Waals surface area (Å²) < 4.78 is 5.86. The monoisotopic (exact) mass is 388 g/mol. The quantitative estimate of drug-likeness (QED) is 0.787. The van der Waals surface area contributed by atoms with E-state index in [2.05, 4.69) is 32.3 Å². The Balaban J connectivity index is 1.58. The van der Waals surface area contributed by atoms with E-state index in [0.717, 1.165) is 55.8 Å². The van der Waals surface area contributed by atoms with Gasteiger partial charge in [0.1, 0.15) is 5.78 Å². The Kier molecular flexibility index (Phi) is 6.93. The summed E-state index contributed by atoms with van der Waals surface area (Å²) in [6.45, 7) is 10.4. The van der Waals surface area contributed by atoms with Crippen molar-refractivity contribution in [2.45, 2.75) is 33.7 Å². The third kappa shape index (κ3) is 6.37. The van der Waals surface area contributed by atoms with Crippen LogP contribution in [0.1, 0.15) is 28.8 Å². The minimum Gasteiger partial charge on any atom is -0.380 e. The topological polar surface area (TPSA) is 67.4 Å². The van der Waals surface area contributed by atoms with Crippen molar-refractivity contribution in [3.63, 3.8) is 0 Å². The average molecular weight is 389 g/mol. The number of carbonyl (C=O) groups excluding carboxylic acids is 1. The minimum atomic E-state index is 0.112. The fourth-order valence-corrected chi connectivity index (χ4v) is 4.33. The SMILES string of the molecule is CC(=O)CNc1ncc(CN2CCOC[C@H](Cc3cc(C)nc(C)c3)C2)s1. The number of carbonyl (C=O) groups is 1. The summed E-state index contributed by atoms with van der Waals surface area (Å²) in [6, 6.07) is 4.36. The van der Waals surface area contributed by atoms with Crippen LogP contribution in [0.4, 0.5) is 5.13 Å². The van der Waals surface area contributed by atoms with E-state index >= 15 is 0 Å². The van der Waals surface area contributed by atoms with Crippen LogP contribution in [0.15, 0.2) is 18.3 Å². The summed E-state index contributed by atoms with van der Waals surface area (Å²) >= 11 is 1.62. The number of hydrogen-bond donors (Lipinski definition) is 1. The summed E-state index contributed by atoms with van der Waals surface area (Å²) in [5.41, 5.74) is 3.49. The molecule has 1 aliphatic rings. The molecule has 1 N–H and O–H groups in total. The Labute approximate surface area is 165 Å². The molecule has 1 atom stereocenters. The number of hydrogen-bond acceptors (Lipinski definition) is 7. The van der Waals surface area contributed by atoms with Gasteiger partial charge in [-0.15, -0.1) is 11.3 Å². The molecule has 3 rings (SSSR count).